The van der Waals surface area contributed by atoms with E-state index in [-0.39, 0.29) is 0 Å². The molecule has 15 heavy (non-hydrogen) atoms. The first-order valence-electron chi connectivity index (χ1n) is 5.29. The third kappa shape index (κ3) is 5.88. The maximum Gasteiger partial charge on any atom is 0.0266 e. The van der Waals surface area contributed by atoms with Gasteiger partial charge in [0.1, 0.15) is 0 Å². The van der Waals surface area contributed by atoms with Crippen molar-refractivity contribution in [2.75, 3.05) is 26.2 Å². The third-order valence-corrected chi connectivity index (χ3v) is 1.96. The Bertz CT molecular complexity index is 269. The molecule has 0 radical (unpaired) electrons. The van der Waals surface area contributed by atoms with Crippen molar-refractivity contribution in [3.8, 4) is 0 Å². The molecular weight excluding hydrogens is 186 g/mol. The quantitative estimate of drug-likeness (QED) is 0.577. The predicted octanol–water partition coefficient (Wildman–Crippen LogP) is 0.795. The number of nitrogens with one attached hydrogen (secondary N) is 2. The Balaban J connectivity index is 2.07. The summed E-state index contributed by atoms with van der Waals surface area (Å²) >= 11 is 0. The van der Waals surface area contributed by atoms with Gasteiger partial charge in [-0.05, 0) is 17.8 Å². The smallest absolute Gasteiger partial charge is 0.0266 e. The molecule has 3 heteroatoms. The number of hydrogen-bond donors (Lipinski definition) is 3. The van der Waals surface area contributed by atoms with Crippen LogP contribution in [0.15, 0.2) is 36.5 Å². The highest BCUT2D eigenvalue weighted by Crippen LogP contribution is 1.99. The zero-order chi connectivity index (χ0) is 10.8. The monoisotopic (exact) mass is 205 g/mol. The second kappa shape index (κ2) is 8.03. The van der Waals surface area contributed by atoms with Gasteiger partial charge in [-0.25, -0.2) is 0 Å². The van der Waals surface area contributed by atoms with Crippen LogP contribution in [0.25, 0.3) is 6.08 Å². The fraction of sp³-hybridized carbons (Fsp3) is 0.333. The van der Waals surface area contributed by atoms with Gasteiger partial charge in [0.05, 0.1) is 0 Å². The summed E-state index contributed by atoms with van der Waals surface area (Å²) in [6.07, 6.45) is 4.03. The van der Waals surface area contributed by atoms with Gasteiger partial charge in [0.25, 0.3) is 0 Å². The Morgan fingerprint density at radius 3 is 2.60 bits per heavy atom. The van der Waals surface area contributed by atoms with Crippen LogP contribution in [0.1, 0.15) is 5.56 Å². The molecule has 1 aromatic rings. The first-order chi connectivity index (χ1) is 7.43. The van der Waals surface area contributed by atoms with Crippen molar-refractivity contribution >= 4 is 6.08 Å². The SMILES string of the molecule is NCCNCCNC=Cc1ccccc1. The molecule has 0 spiro atoms. The van der Waals surface area contributed by atoms with E-state index in [4.69, 9.17) is 5.73 Å². The first-order valence-corrected chi connectivity index (χ1v) is 5.29. The molecule has 0 saturated heterocycles. The highest BCUT2D eigenvalue weighted by molar-refractivity contribution is 5.48. The summed E-state index contributed by atoms with van der Waals surface area (Å²) in [5.41, 5.74) is 6.56. The number of rotatable bonds is 7. The van der Waals surface area contributed by atoms with Crippen molar-refractivity contribution in [2.24, 2.45) is 5.73 Å². The molecule has 0 saturated carbocycles. The average Bonchev–Trinajstić information content (AvgIpc) is 2.29. The van der Waals surface area contributed by atoms with Gasteiger partial charge in [-0.3, -0.25) is 0 Å². The second-order valence-electron chi connectivity index (χ2n) is 3.24. The van der Waals surface area contributed by atoms with E-state index < -0.39 is 0 Å². The molecule has 0 atom stereocenters. The van der Waals surface area contributed by atoms with E-state index in [0.29, 0.717) is 6.54 Å². The van der Waals surface area contributed by atoms with Crippen molar-refractivity contribution in [1.29, 1.82) is 0 Å². The Kier molecular flexibility index (Phi) is 6.29. The summed E-state index contributed by atoms with van der Waals surface area (Å²) in [4.78, 5) is 0. The van der Waals surface area contributed by atoms with Crippen LogP contribution in [0.5, 0.6) is 0 Å². The lowest BCUT2D eigenvalue weighted by Crippen LogP contribution is -2.28. The van der Waals surface area contributed by atoms with Crippen molar-refractivity contribution < 1.29 is 0 Å². The summed E-state index contributed by atoms with van der Waals surface area (Å²) in [5.74, 6) is 0. The van der Waals surface area contributed by atoms with Gasteiger partial charge in [0, 0.05) is 26.2 Å². The zero-order valence-corrected chi connectivity index (χ0v) is 8.95. The van der Waals surface area contributed by atoms with Crippen molar-refractivity contribution in [3.63, 3.8) is 0 Å². The Morgan fingerprint density at radius 1 is 1.07 bits per heavy atom. The summed E-state index contributed by atoms with van der Waals surface area (Å²) in [7, 11) is 0. The predicted molar refractivity (Wildman–Crippen MR) is 65.4 cm³/mol. The lowest BCUT2D eigenvalue weighted by Gasteiger charge is -2.02. The molecule has 0 bridgehead atoms. The third-order valence-electron chi connectivity index (χ3n) is 1.96. The average molecular weight is 205 g/mol. The van der Waals surface area contributed by atoms with Crippen LogP contribution in [0.3, 0.4) is 0 Å². The van der Waals surface area contributed by atoms with Crippen LogP contribution < -0.4 is 16.4 Å². The molecule has 0 heterocycles. The van der Waals surface area contributed by atoms with Crippen molar-refractivity contribution in [2.45, 2.75) is 0 Å². The van der Waals surface area contributed by atoms with Gasteiger partial charge in [-0.2, -0.15) is 0 Å². The van der Waals surface area contributed by atoms with Gasteiger partial charge >= 0.3 is 0 Å². The van der Waals surface area contributed by atoms with Crippen molar-refractivity contribution in [3.05, 3.63) is 42.1 Å². The lowest BCUT2D eigenvalue weighted by molar-refractivity contribution is 0.667. The lowest BCUT2D eigenvalue weighted by atomic mass is 10.2. The van der Waals surface area contributed by atoms with E-state index in [9.17, 15) is 0 Å². The molecule has 3 nitrogen and oxygen atoms in total. The van der Waals surface area contributed by atoms with Gasteiger partial charge in [0.15, 0.2) is 0 Å². The summed E-state index contributed by atoms with van der Waals surface area (Å²) in [5, 5.41) is 6.42. The Labute approximate surface area is 91.4 Å². The number of hydrogen-bond acceptors (Lipinski definition) is 3. The molecule has 0 aliphatic heterocycles. The molecule has 0 aliphatic rings. The van der Waals surface area contributed by atoms with Crippen LogP contribution in [0.2, 0.25) is 0 Å². The topological polar surface area (TPSA) is 50.1 Å². The Hall–Kier alpha value is -1.32. The molecule has 1 aromatic carbocycles. The fourth-order valence-corrected chi connectivity index (χ4v) is 1.19. The molecule has 0 fully saturated rings. The van der Waals surface area contributed by atoms with Crippen LogP contribution in [0, 0.1) is 0 Å². The number of benzene rings is 1. The van der Waals surface area contributed by atoms with Crippen LogP contribution in [0.4, 0.5) is 0 Å². The standard InChI is InChI=1S/C12H19N3/c13-7-9-15-11-10-14-8-6-12-4-2-1-3-5-12/h1-6,8,14-15H,7,9-11,13H2. The van der Waals surface area contributed by atoms with E-state index >= 15 is 0 Å². The second-order valence-corrected chi connectivity index (χ2v) is 3.24. The molecule has 0 aliphatic carbocycles. The van der Waals surface area contributed by atoms with Crippen LogP contribution >= 0.6 is 0 Å². The van der Waals surface area contributed by atoms with Crippen molar-refractivity contribution in [1.82, 2.24) is 10.6 Å². The molecule has 0 aromatic heterocycles. The Morgan fingerprint density at radius 2 is 1.87 bits per heavy atom. The first kappa shape index (κ1) is 11.8. The van der Waals surface area contributed by atoms with E-state index in [1.807, 2.05) is 24.4 Å². The minimum absolute atomic E-state index is 0.694. The normalized spacial score (nSPS) is 10.7. The van der Waals surface area contributed by atoms with Crippen LogP contribution in [-0.2, 0) is 0 Å². The summed E-state index contributed by atoms with van der Waals surface area (Å²) in [6.45, 7) is 3.43. The van der Waals surface area contributed by atoms with E-state index in [0.717, 1.165) is 19.6 Å². The van der Waals surface area contributed by atoms with E-state index in [1.165, 1.54) is 5.56 Å². The molecule has 0 unspecified atom stereocenters. The van der Waals surface area contributed by atoms with Gasteiger partial charge in [-0.15, -0.1) is 0 Å². The minimum atomic E-state index is 0.694. The number of nitrogens with two attached hydrogens (primary N) is 1. The summed E-state index contributed by atoms with van der Waals surface area (Å²) in [6, 6.07) is 10.2. The molecule has 82 valence electrons. The molecule has 4 N–H and O–H groups in total. The zero-order valence-electron chi connectivity index (χ0n) is 8.95. The maximum absolute atomic E-state index is 5.35. The summed E-state index contributed by atoms with van der Waals surface area (Å²) < 4.78 is 0. The van der Waals surface area contributed by atoms with E-state index in [2.05, 4.69) is 28.8 Å². The largest absolute Gasteiger partial charge is 0.390 e. The van der Waals surface area contributed by atoms with E-state index in [1.54, 1.807) is 0 Å². The highest BCUT2D eigenvalue weighted by Gasteiger charge is 1.83. The molecular formula is C12H19N3. The van der Waals surface area contributed by atoms with Gasteiger partial charge in [-0.1, -0.05) is 30.3 Å². The minimum Gasteiger partial charge on any atom is -0.390 e. The van der Waals surface area contributed by atoms with Gasteiger partial charge < -0.3 is 16.4 Å². The fourth-order valence-electron chi connectivity index (χ4n) is 1.19. The molecule has 1 rings (SSSR count). The maximum atomic E-state index is 5.35. The molecule has 0 amide bonds. The van der Waals surface area contributed by atoms with Gasteiger partial charge in [0.2, 0.25) is 0 Å². The highest BCUT2D eigenvalue weighted by atomic mass is 14.9. The van der Waals surface area contributed by atoms with Crippen LogP contribution in [-0.4, -0.2) is 26.2 Å².